The number of anilines is 2. The minimum absolute atomic E-state index is 0.544. The van der Waals surface area contributed by atoms with E-state index >= 15 is 0 Å². The Kier molecular flexibility index (Phi) is 4.28. The maximum atomic E-state index is 9.07. The molecule has 1 N–H and O–H groups in total. The molecule has 2 nitrogen and oxygen atoms in total. The van der Waals surface area contributed by atoms with Crippen molar-refractivity contribution in [1.82, 2.24) is 0 Å². The number of hydrogen-bond donors (Lipinski definition) is 1. The monoisotopic (exact) mass is 384 g/mol. The van der Waals surface area contributed by atoms with E-state index in [2.05, 4.69) is 43.2 Å². The zero-order chi connectivity index (χ0) is 13.1. The van der Waals surface area contributed by atoms with Gasteiger partial charge in [-0.15, -0.1) is 0 Å². The average molecular weight is 386 g/mol. The van der Waals surface area contributed by atoms with Crippen LogP contribution in [0, 0.1) is 11.3 Å². The summed E-state index contributed by atoms with van der Waals surface area (Å²) in [7, 11) is 0. The lowest BCUT2D eigenvalue weighted by molar-refractivity contribution is 1.45. The number of para-hydroxylation sites is 1. The van der Waals surface area contributed by atoms with Gasteiger partial charge in [-0.05, 0) is 62.2 Å². The lowest BCUT2D eigenvalue weighted by Crippen LogP contribution is -1.95. The first-order chi connectivity index (χ1) is 8.61. The van der Waals surface area contributed by atoms with Crippen molar-refractivity contribution >= 4 is 54.8 Å². The summed E-state index contributed by atoms with van der Waals surface area (Å²) in [5.41, 5.74) is 2.08. The first kappa shape index (κ1) is 13.4. The van der Waals surface area contributed by atoms with E-state index in [4.69, 9.17) is 16.9 Å². The van der Waals surface area contributed by atoms with Gasteiger partial charge in [0.05, 0.1) is 16.9 Å². The highest BCUT2D eigenvalue weighted by Crippen LogP contribution is 2.34. The Hall–Kier alpha value is -1.02. The zero-order valence-corrected chi connectivity index (χ0v) is 13.0. The molecule has 0 saturated heterocycles. The van der Waals surface area contributed by atoms with Gasteiger partial charge >= 0.3 is 0 Å². The van der Waals surface area contributed by atoms with Crippen molar-refractivity contribution < 1.29 is 0 Å². The Morgan fingerprint density at radius 3 is 2.39 bits per heavy atom. The molecule has 0 saturated carbocycles. The summed E-state index contributed by atoms with van der Waals surface area (Å²) in [5.74, 6) is 0. The fraction of sp³-hybridized carbons (Fsp3) is 0. The van der Waals surface area contributed by atoms with E-state index in [1.807, 2.05) is 18.2 Å². The Labute approximate surface area is 127 Å². The van der Waals surface area contributed by atoms with Crippen molar-refractivity contribution in [3.63, 3.8) is 0 Å². The fourth-order valence-corrected chi connectivity index (χ4v) is 2.84. The van der Waals surface area contributed by atoms with Crippen LogP contribution in [-0.4, -0.2) is 0 Å². The number of halogens is 3. The van der Waals surface area contributed by atoms with E-state index in [9.17, 15) is 0 Å². The zero-order valence-electron chi connectivity index (χ0n) is 9.05. The topological polar surface area (TPSA) is 35.8 Å². The third-order valence-corrected chi connectivity index (χ3v) is 3.88. The van der Waals surface area contributed by atoms with E-state index in [-0.39, 0.29) is 0 Å². The van der Waals surface area contributed by atoms with Gasteiger partial charge in [-0.2, -0.15) is 5.26 Å². The van der Waals surface area contributed by atoms with Gasteiger partial charge in [0.25, 0.3) is 0 Å². The van der Waals surface area contributed by atoms with Crippen molar-refractivity contribution in [2.24, 2.45) is 0 Å². The highest BCUT2D eigenvalue weighted by atomic mass is 79.9. The molecule has 0 aliphatic rings. The van der Waals surface area contributed by atoms with Gasteiger partial charge in [-0.25, -0.2) is 0 Å². The van der Waals surface area contributed by atoms with Crippen LogP contribution in [0.15, 0.2) is 45.3 Å². The Bertz CT molecular complexity index is 615. The number of hydrogen-bond acceptors (Lipinski definition) is 2. The average Bonchev–Trinajstić information content (AvgIpc) is 2.34. The molecule has 2 aromatic carbocycles. The van der Waals surface area contributed by atoms with Crippen molar-refractivity contribution in [3.8, 4) is 6.07 Å². The molecule has 0 aromatic heterocycles. The molecular weight excluding hydrogens is 379 g/mol. The van der Waals surface area contributed by atoms with Crippen LogP contribution < -0.4 is 5.32 Å². The second-order valence-electron chi connectivity index (χ2n) is 3.52. The van der Waals surface area contributed by atoms with Crippen LogP contribution in [0.4, 0.5) is 11.4 Å². The summed E-state index contributed by atoms with van der Waals surface area (Å²) in [6.45, 7) is 0. The molecule has 0 spiro atoms. The largest absolute Gasteiger partial charge is 0.353 e. The predicted molar refractivity (Wildman–Crippen MR) is 81.3 cm³/mol. The first-order valence-electron chi connectivity index (χ1n) is 5.02. The molecule has 18 heavy (non-hydrogen) atoms. The maximum absolute atomic E-state index is 9.07. The third-order valence-electron chi connectivity index (χ3n) is 2.32. The molecular formula is C13H7Br2ClN2. The highest BCUT2D eigenvalue weighted by Gasteiger charge is 2.08. The summed E-state index contributed by atoms with van der Waals surface area (Å²) >= 11 is 12.9. The standard InChI is InChI=1S/C13H7Br2ClN2/c14-10-2-1-3-11(15)13(10)18-12-6-9(16)5-4-8(12)7-17/h1-6,18H. The lowest BCUT2D eigenvalue weighted by atomic mass is 10.2. The third kappa shape index (κ3) is 2.86. The number of nitrogens with zero attached hydrogens (tertiary/aromatic N) is 1. The van der Waals surface area contributed by atoms with Crippen molar-refractivity contribution in [2.75, 3.05) is 5.32 Å². The van der Waals surface area contributed by atoms with Crippen LogP contribution in [0.5, 0.6) is 0 Å². The first-order valence-corrected chi connectivity index (χ1v) is 6.99. The van der Waals surface area contributed by atoms with Crippen molar-refractivity contribution in [2.45, 2.75) is 0 Å². The van der Waals surface area contributed by atoms with Crippen LogP contribution in [0.25, 0.3) is 0 Å². The van der Waals surface area contributed by atoms with Gasteiger partial charge in [0.1, 0.15) is 6.07 Å². The molecule has 0 aliphatic carbocycles. The normalized spacial score (nSPS) is 9.89. The molecule has 0 radical (unpaired) electrons. The number of benzene rings is 2. The number of nitriles is 1. The molecule has 0 unspecified atom stereocenters. The van der Waals surface area contributed by atoms with Gasteiger partial charge < -0.3 is 5.32 Å². The quantitative estimate of drug-likeness (QED) is 0.742. The number of nitrogens with one attached hydrogen (secondary N) is 1. The van der Waals surface area contributed by atoms with Crippen LogP contribution >= 0.6 is 43.5 Å². The Balaban J connectivity index is 2.46. The second-order valence-corrected chi connectivity index (χ2v) is 5.67. The molecule has 0 atom stereocenters. The predicted octanol–water partition coefficient (Wildman–Crippen LogP) is 5.48. The van der Waals surface area contributed by atoms with E-state index in [1.54, 1.807) is 18.2 Å². The molecule has 5 heteroatoms. The molecule has 0 aliphatic heterocycles. The molecule has 90 valence electrons. The van der Waals surface area contributed by atoms with Gasteiger partial charge in [0, 0.05) is 14.0 Å². The van der Waals surface area contributed by atoms with Crippen LogP contribution in [-0.2, 0) is 0 Å². The van der Waals surface area contributed by atoms with Crippen LogP contribution in [0.3, 0.4) is 0 Å². The Morgan fingerprint density at radius 1 is 1.11 bits per heavy atom. The van der Waals surface area contributed by atoms with Crippen LogP contribution in [0.1, 0.15) is 5.56 Å². The van der Waals surface area contributed by atoms with Gasteiger partial charge in [0.2, 0.25) is 0 Å². The summed E-state index contributed by atoms with van der Waals surface area (Å²) in [5, 5.41) is 12.9. The minimum Gasteiger partial charge on any atom is -0.353 e. The Morgan fingerprint density at radius 2 is 1.78 bits per heavy atom. The number of rotatable bonds is 2. The summed E-state index contributed by atoms with van der Waals surface area (Å²) in [6.07, 6.45) is 0. The molecule has 2 aromatic rings. The van der Waals surface area contributed by atoms with Crippen molar-refractivity contribution in [1.29, 1.82) is 5.26 Å². The summed E-state index contributed by atoms with van der Waals surface area (Å²) in [6, 6.07) is 13.0. The van der Waals surface area contributed by atoms with E-state index in [0.29, 0.717) is 16.3 Å². The fourth-order valence-electron chi connectivity index (χ4n) is 1.47. The molecule has 0 fully saturated rings. The van der Waals surface area contributed by atoms with Gasteiger partial charge in [0.15, 0.2) is 0 Å². The van der Waals surface area contributed by atoms with Gasteiger partial charge in [-0.1, -0.05) is 17.7 Å². The SMILES string of the molecule is N#Cc1ccc(Cl)cc1Nc1c(Br)cccc1Br. The molecule has 0 heterocycles. The molecule has 0 bridgehead atoms. The van der Waals surface area contributed by atoms with E-state index < -0.39 is 0 Å². The van der Waals surface area contributed by atoms with E-state index in [1.165, 1.54) is 0 Å². The second kappa shape index (κ2) is 5.75. The maximum Gasteiger partial charge on any atom is 0.101 e. The highest BCUT2D eigenvalue weighted by molar-refractivity contribution is 9.11. The van der Waals surface area contributed by atoms with Gasteiger partial charge in [-0.3, -0.25) is 0 Å². The van der Waals surface area contributed by atoms with E-state index in [0.717, 1.165) is 14.6 Å². The molecule has 2 rings (SSSR count). The molecule has 0 amide bonds. The summed E-state index contributed by atoms with van der Waals surface area (Å²) in [4.78, 5) is 0. The van der Waals surface area contributed by atoms with Crippen LogP contribution in [0.2, 0.25) is 5.02 Å². The lowest BCUT2D eigenvalue weighted by Gasteiger charge is -2.12. The minimum atomic E-state index is 0.544. The smallest absolute Gasteiger partial charge is 0.101 e. The summed E-state index contributed by atoms with van der Waals surface area (Å²) < 4.78 is 1.81. The van der Waals surface area contributed by atoms with Crippen molar-refractivity contribution in [3.05, 3.63) is 55.9 Å².